The predicted octanol–water partition coefficient (Wildman–Crippen LogP) is 1.65. The SMILES string of the molecule is CCCC(=O)/C(N)=C/NC1C(O)C(CO)OC(Sc2ccc(Cl)c(Cl)c2)C1O. The minimum absolute atomic E-state index is 0.00183. The Morgan fingerprint density at radius 1 is 1.32 bits per heavy atom. The lowest BCUT2D eigenvalue weighted by Gasteiger charge is -2.42. The number of hydrogen-bond acceptors (Lipinski definition) is 8. The van der Waals surface area contributed by atoms with E-state index in [0.29, 0.717) is 27.8 Å². The maximum atomic E-state index is 11.8. The van der Waals surface area contributed by atoms with Crippen LogP contribution in [0.15, 0.2) is 35.0 Å². The molecule has 28 heavy (non-hydrogen) atoms. The van der Waals surface area contributed by atoms with E-state index in [9.17, 15) is 20.1 Å². The van der Waals surface area contributed by atoms with Crippen molar-refractivity contribution in [1.29, 1.82) is 0 Å². The molecular weight excluding hydrogens is 427 g/mol. The fraction of sp³-hybridized carbons (Fsp3) is 0.500. The number of rotatable bonds is 8. The molecule has 0 saturated carbocycles. The number of allylic oxidation sites excluding steroid dienone is 1. The summed E-state index contributed by atoms with van der Waals surface area (Å²) in [6.07, 6.45) is -1.07. The van der Waals surface area contributed by atoms with Crippen LogP contribution in [0, 0.1) is 0 Å². The first kappa shape index (κ1) is 23.3. The van der Waals surface area contributed by atoms with E-state index >= 15 is 0 Å². The first-order valence-corrected chi connectivity index (χ1v) is 10.4. The number of hydrogen-bond donors (Lipinski definition) is 5. The van der Waals surface area contributed by atoms with Gasteiger partial charge in [-0.25, -0.2) is 0 Å². The van der Waals surface area contributed by atoms with Gasteiger partial charge in [0, 0.05) is 17.5 Å². The van der Waals surface area contributed by atoms with Crippen molar-refractivity contribution in [3.63, 3.8) is 0 Å². The molecule has 1 heterocycles. The van der Waals surface area contributed by atoms with Crippen LogP contribution >= 0.6 is 35.0 Å². The third kappa shape index (κ3) is 5.76. The highest BCUT2D eigenvalue weighted by Crippen LogP contribution is 2.35. The number of ether oxygens (including phenoxy) is 1. The van der Waals surface area contributed by atoms with Crippen molar-refractivity contribution in [3.8, 4) is 0 Å². The first-order valence-electron chi connectivity index (χ1n) is 8.77. The second-order valence-electron chi connectivity index (χ2n) is 6.37. The maximum Gasteiger partial charge on any atom is 0.179 e. The van der Waals surface area contributed by atoms with Gasteiger partial charge in [0.1, 0.15) is 23.7 Å². The number of carbonyl (C=O) groups is 1. The van der Waals surface area contributed by atoms with Gasteiger partial charge in [-0.2, -0.15) is 0 Å². The van der Waals surface area contributed by atoms with Crippen molar-refractivity contribution >= 4 is 40.7 Å². The van der Waals surface area contributed by atoms with Crippen LogP contribution in [0.1, 0.15) is 19.8 Å². The molecule has 10 heteroatoms. The quantitative estimate of drug-likeness (QED) is 0.378. The summed E-state index contributed by atoms with van der Waals surface area (Å²) in [6.45, 7) is 1.42. The van der Waals surface area contributed by atoms with E-state index in [1.807, 2.05) is 6.92 Å². The lowest BCUT2D eigenvalue weighted by atomic mass is 9.97. The zero-order valence-corrected chi connectivity index (χ0v) is 17.5. The van der Waals surface area contributed by atoms with Crippen LogP contribution in [0.3, 0.4) is 0 Å². The van der Waals surface area contributed by atoms with Gasteiger partial charge in [0.25, 0.3) is 0 Å². The molecule has 0 radical (unpaired) electrons. The van der Waals surface area contributed by atoms with Crippen LogP contribution in [0.4, 0.5) is 0 Å². The van der Waals surface area contributed by atoms with Crippen molar-refractivity contribution in [1.82, 2.24) is 5.32 Å². The van der Waals surface area contributed by atoms with Crippen molar-refractivity contribution in [2.24, 2.45) is 5.73 Å². The van der Waals surface area contributed by atoms with Crippen molar-refractivity contribution < 1.29 is 24.9 Å². The van der Waals surface area contributed by atoms with Gasteiger partial charge < -0.3 is 31.1 Å². The highest BCUT2D eigenvalue weighted by molar-refractivity contribution is 7.99. The topological polar surface area (TPSA) is 125 Å². The number of Topliss-reactive ketones (excluding diaryl/α,β-unsaturated/α-hetero) is 1. The number of carbonyl (C=O) groups excluding carboxylic acids is 1. The Labute approximate surface area is 177 Å². The van der Waals surface area contributed by atoms with E-state index in [2.05, 4.69) is 5.32 Å². The molecule has 7 nitrogen and oxygen atoms in total. The molecule has 156 valence electrons. The Bertz CT molecular complexity index is 721. The summed E-state index contributed by atoms with van der Waals surface area (Å²) < 4.78 is 5.64. The molecule has 1 fully saturated rings. The standard InChI is InChI=1S/C18H24Cl2N2O5S/c1-2-3-13(24)12(21)7-22-15-16(25)14(8-23)27-18(17(15)26)28-9-4-5-10(19)11(20)6-9/h4-7,14-18,22-23,25-26H,2-3,8,21H2,1H3/b12-7-. The van der Waals surface area contributed by atoms with Gasteiger partial charge in [-0.3, -0.25) is 4.79 Å². The normalized spacial score (nSPS) is 28.2. The van der Waals surface area contributed by atoms with E-state index in [-0.39, 0.29) is 11.5 Å². The number of nitrogens with two attached hydrogens (primary N) is 1. The van der Waals surface area contributed by atoms with Gasteiger partial charge in [-0.15, -0.1) is 0 Å². The molecule has 6 N–H and O–H groups in total. The van der Waals surface area contributed by atoms with Crippen LogP contribution in [0.5, 0.6) is 0 Å². The predicted molar refractivity (Wildman–Crippen MR) is 109 cm³/mol. The molecule has 2 rings (SSSR count). The lowest BCUT2D eigenvalue weighted by molar-refractivity contribution is -0.164. The molecule has 5 unspecified atom stereocenters. The fourth-order valence-electron chi connectivity index (χ4n) is 2.70. The lowest BCUT2D eigenvalue weighted by Crippen LogP contribution is -2.62. The van der Waals surface area contributed by atoms with Crippen LogP contribution in [-0.2, 0) is 9.53 Å². The minimum Gasteiger partial charge on any atom is -0.395 e. The highest BCUT2D eigenvalue weighted by Gasteiger charge is 2.44. The van der Waals surface area contributed by atoms with Crippen LogP contribution in [0.25, 0.3) is 0 Å². The second kappa shape index (κ2) is 10.7. The number of nitrogens with one attached hydrogen (secondary N) is 1. The Hall–Kier alpha value is -1.000. The van der Waals surface area contributed by atoms with E-state index in [1.165, 1.54) is 18.0 Å². The van der Waals surface area contributed by atoms with Crippen LogP contribution in [0.2, 0.25) is 10.0 Å². The van der Waals surface area contributed by atoms with Gasteiger partial charge >= 0.3 is 0 Å². The van der Waals surface area contributed by atoms with Crippen molar-refractivity contribution in [2.45, 2.75) is 54.5 Å². The van der Waals surface area contributed by atoms with Gasteiger partial charge in [0.05, 0.1) is 28.4 Å². The summed E-state index contributed by atoms with van der Waals surface area (Å²) in [5.74, 6) is -0.230. The molecular formula is C18H24Cl2N2O5S. The first-order chi connectivity index (χ1) is 13.3. The summed E-state index contributed by atoms with van der Waals surface area (Å²) >= 11 is 13.1. The third-order valence-corrected chi connectivity index (χ3v) is 6.15. The maximum absolute atomic E-state index is 11.8. The third-order valence-electron chi connectivity index (χ3n) is 4.26. The molecule has 0 aromatic heterocycles. The average Bonchev–Trinajstić information content (AvgIpc) is 2.66. The number of ketones is 1. The fourth-order valence-corrected chi connectivity index (χ4v) is 4.17. The Morgan fingerprint density at radius 3 is 2.64 bits per heavy atom. The van der Waals surface area contributed by atoms with Gasteiger partial charge in [-0.05, 0) is 24.6 Å². The average molecular weight is 451 g/mol. The molecule has 1 aliphatic rings. The number of benzene rings is 1. The van der Waals surface area contributed by atoms with Gasteiger partial charge in [0.15, 0.2) is 5.78 Å². The summed E-state index contributed by atoms with van der Waals surface area (Å²) in [4.78, 5) is 12.5. The zero-order chi connectivity index (χ0) is 20.8. The van der Waals surface area contributed by atoms with Gasteiger partial charge in [0.2, 0.25) is 0 Å². The second-order valence-corrected chi connectivity index (χ2v) is 8.35. The molecule has 1 aromatic carbocycles. The molecule has 0 bridgehead atoms. The number of halogens is 2. The Balaban J connectivity index is 2.16. The summed E-state index contributed by atoms with van der Waals surface area (Å²) in [7, 11) is 0. The largest absolute Gasteiger partial charge is 0.395 e. The summed E-state index contributed by atoms with van der Waals surface area (Å²) in [6, 6.07) is 4.07. The highest BCUT2D eigenvalue weighted by atomic mass is 35.5. The number of aliphatic hydroxyl groups is 3. The number of aliphatic hydroxyl groups excluding tert-OH is 3. The molecule has 1 saturated heterocycles. The van der Waals surface area contributed by atoms with Crippen molar-refractivity contribution in [3.05, 3.63) is 40.1 Å². The molecule has 5 atom stereocenters. The smallest absolute Gasteiger partial charge is 0.179 e. The molecule has 0 aliphatic carbocycles. The Morgan fingerprint density at radius 2 is 2.04 bits per heavy atom. The van der Waals surface area contributed by atoms with E-state index < -0.39 is 36.4 Å². The minimum atomic E-state index is -1.21. The molecule has 0 spiro atoms. The number of thioether (sulfide) groups is 1. The van der Waals surface area contributed by atoms with Crippen LogP contribution < -0.4 is 11.1 Å². The summed E-state index contributed by atoms with van der Waals surface area (Å²) in [5.41, 5.74) is 4.93. The van der Waals surface area contributed by atoms with E-state index in [1.54, 1.807) is 18.2 Å². The summed E-state index contributed by atoms with van der Waals surface area (Å²) in [5, 5.41) is 34.2. The van der Waals surface area contributed by atoms with Crippen LogP contribution in [-0.4, -0.2) is 57.5 Å². The molecule has 0 amide bonds. The van der Waals surface area contributed by atoms with E-state index in [0.717, 1.165) is 0 Å². The monoisotopic (exact) mass is 450 g/mol. The van der Waals surface area contributed by atoms with Crippen molar-refractivity contribution in [2.75, 3.05) is 6.61 Å². The molecule has 1 aromatic rings. The van der Waals surface area contributed by atoms with E-state index in [4.69, 9.17) is 33.7 Å². The molecule has 1 aliphatic heterocycles. The Kier molecular flexibility index (Phi) is 8.88. The zero-order valence-electron chi connectivity index (χ0n) is 15.2. The van der Waals surface area contributed by atoms with Gasteiger partial charge in [-0.1, -0.05) is 41.9 Å².